The fraction of sp³-hybridized carbons (Fsp3) is 1.00. The van der Waals surface area contributed by atoms with Crippen LogP contribution in [0, 0.1) is 0 Å². The van der Waals surface area contributed by atoms with E-state index in [0.717, 1.165) is 0 Å². The molecule has 0 saturated heterocycles. The first-order valence-corrected chi connectivity index (χ1v) is 30.2. The van der Waals surface area contributed by atoms with Gasteiger partial charge in [-0.05, 0) is 64.8 Å². The Kier molecular flexibility index (Phi) is 65.0. The van der Waals surface area contributed by atoms with E-state index in [2.05, 4.69) is 44.8 Å². The minimum absolute atomic E-state index is 1.24. The lowest BCUT2D eigenvalue weighted by Gasteiger charge is -2.22. The molecule has 0 radical (unpaired) electrons. The summed E-state index contributed by atoms with van der Waals surface area (Å²) in [4.78, 5) is 2.85. The summed E-state index contributed by atoms with van der Waals surface area (Å²) in [5.41, 5.74) is 0. The molecule has 2 nitrogen and oxygen atoms in total. The van der Waals surface area contributed by atoms with Crippen molar-refractivity contribution in [3.8, 4) is 0 Å². The van der Waals surface area contributed by atoms with E-state index < -0.39 is 0 Å². The van der Waals surface area contributed by atoms with Gasteiger partial charge in [-0.2, -0.15) is 0 Å². The Morgan fingerprint density at radius 2 is 0.323 bits per heavy atom. The van der Waals surface area contributed by atoms with Crippen LogP contribution in [0.1, 0.15) is 356 Å². The first kappa shape index (κ1) is 64.0. The molecule has 0 spiro atoms. The monoisotopic (exact) mass is 875 g/mol. The fourth-order valence-corrected chi connectivity index (χ4v) is 9.40. The summed E-state index contributed by atoms with van der Waals surface area (Å²) in [6, 6.07) is 0. The first-order valence-electron chi connectivity index (χ1n) is 30.2. The molecule has 0 aromatic heterocycles. The van der Waals surface area contributed by atoms with Crippen molar-refractivity contribution in [2.24, 2.45) is 0 Å². The molecule has 0 aromatic carbocycles. The Labute approximate surface area is 397 Å². The second-order valence-corrected chi connectivity index (χ2v) is 20.5. The number of rotatable bonds is 55. The Morgan fingerprint density at radius 1 is 0.177 bits per heavy atom. The molecule has 0 unspecified atom stereocenters. The van der Waals surface area contributed by atoms with E-state index in [4.69, 9.17) is 0 Å². The van der Waals surface area contributed by atoms with Crippen LogP contribution in [0.25, 0.3) is 0 Å². The van der Waals surface area contributed by atoms with Gasteiger partial charge in [-0.1, -0.05) is 324 Å². The van der Waals surface area contributed by atoms with Crippen LogP contribution in [-0.4, -0.2) is 37.6 Å². The van der Waals surface area contributed by atoms with Crippen LogP contribution in [0.3, 0.4) is 0 Å². The lowest BCUT2D eigenvalue weighted by Crippen LogP contribution is -2.27. The zero-order chi connectivity index (χ0) is 45.2. The second-order valence-electron chi connectivity index (χ2n) is 20.5. The third-order valence-electron chi connectivity index (χ3n) is 13.9. The average Bonchev–Trinajstić information content (AvgIpc) is 3.28. The molecule has 0 aliphatic heterocycles. The maximum atomic E-state index is 3.64. The molecule has 0 fully saturated rings. The summed E-state index contributed by atoms with van der Waals surface area (Å²) >= 11 is 0. The SMILES string of the molecule is CCCCCCCCCCCCN(CCCCCCCCCCCC)CCCCCCCCCCCC.CCCCCCCCCCCCNCCCCCCCCCCCC. The van der Waals surface area contributed by atoms with Crippen molar-refractivity contribution in [1.29, 1.82) is 0 Å². The van der Waals surface area contributed by atoms with Gasteiger partial charge in [0.15, 0.2) is 0 Å². The van der Waals surface area contributed by atoms with Crippen molar-refractivity contribution in [3.05, 3.63) is 0 Å². The molecule has 0 amide bonds. The number of nitrogens with zero attached hydrogens (tertiary/aromatic N) is 1. The summed E-state index contributed by atoms with van der Waals surface area (Å²) in [7, 11) is 0. The number of unbranched alkanes of at least 4 members (excludes halogenated alkanes) is 45. The molecule has 0 heterocycles. The molecule has 1 N–H and O–H groups in total. The lowest BCUT2D eigenvalue weighted by molar-refractivity contribution is 0.254. The maximum Gasteiger partial charge on any atom is -0.00187 e. The van der Waals surface area contributed by atoms with Crippen LogP contribution in [0.4, 0.5) is 0 Å². The quantitative estimate of drug-likeness (QED) is 0.0613. The highest BCUT2D eigenvalue weighted by Crippen LogP contribution is 2.16. The fourth-order valence-electron chi connectivity index (χ4n) is 9.40. The molecule has 0 bridgehead atoms. The van der Waals surface area contributed by atoms with Crippen LogP contribution < -0.4 is 5.32 Å². The summed E-state index contributed by atoms with van der Waals surface area (Å²) in [6.45, 7) is 18.1. The van der Waals surface area contributed by atoms with E-state index in [9.17, 15) is 0 Å². The molecule has 0 rings (SSSR count). The van der Waals surface area contributed by atoms with Crippen molar-refractivity contribution >= 4 is 0 Å². The van der Waals surface area contributed by atoms with Gasteiger partial charge in [-0.15, -0.1) is 0 Å². The van der Waals surface area contributed by atoms with E-state index in [0.29, 0.717) is 0 Å². The van der Waals surface area contributed by atoms with E-state index in [-0.39, 0.29) is 0 Å². The van der Waals surface area contributed by atoms with Crippen LogP contribution in [0.5, 0.6) is 0 Å². The van der Waals surface area contributed by atoms with Crippen LogP contribution >= 0.6 is 0 Å². The molecule has 0 aromatic rings. The topological polar surface area (TPSA) is 15.3 Å². The minimum Gasteiger partial charge on any atom is -0.317 e. The van der Waals surface area contributed by atoms with Crippen LogP contribution in [-0.2, 0) is 0 Å². The predicted octanol–water partition coefficient (Wildman–Crippen LogP) is 21.5. The van der Waals surface area contributed by atoms with Gasteiger partial charge in [0.05, 0.1) is 0 Å². The maximum absolute atomic E-state index is 3.64. The normalized spacial score (nSPS) is 11.5. The van der Waals surface area contributed by atoms with Crippen molar-refractivity contribution in [2.75, 3.05) is 32.7 Å². The largest absolute Gasteiger partial charge is 0.317 e. The van der Waals surface area contributed by atoms with Crippen LogP contribution in [0.2, 0.25) is 0 Å². The molecule has 0 aliphatic carbocycles. The summed E-state index contributed by atoms with van der Waals surface area (Å²) in [5.74, 6) is 0. The van der Waals surface area contributed by atoms with Gasteiger partial charge in [-0.25, -0.2) is 0 Å². The van der Waals surface area contributed by atoms with E-state index in [1.54, 1.807) is 0 Å². The highest BCUT2D eigenvalue weighted by Gasteiger charge is 2.06. The van der Waals surface area contributed by atoms with Gasteiger partial charge >= 0.3 is 0 Å². The van der Waals surface area contributed by atoms with Gasteiger partial charge in [0.1, 0.15) is 0 Å². The molecule has 0 aliphatic rings. The Morgan fingerprint density at radius 3 is 0.500 bits per heavy atom. The smallest absolute Gasteiger partial charge is 0.00187 e. The molecule has 62 heavy (non-hydrogen) atoms. The number of hydrogen-bond acceptors (Lipinski definition) is 2. The first-order chi connectivity index (χ1) is 30.8. The van der Waals surface area contributed by atoms with Gasteiger partial charge in [0, 0.05) is 0 Å². The third kappa shape index (κ3) is 62.0. The van der Waals surface area contributed by atoms with Gasteiger partial charge in [0.25, 0.3) is 0 Å². The van der Waals surface area contributed by atoms with Crippen LogP contribution in [0.15, 0.2) is 0 Å². The predicted molar refractivity (Wildman–Crippen MR) is 289 cm³/mol. The molecule has 2 heteroatoms. The molecule has 376 valence electrons. The third-order valence-corrected chi connectivity index (χ3v) is 13.9. The van der Waals surface area contributed by atoms with Gasteiger partial charge < -0.3 is 10.2 Å². The van der Waals surface area contributed by atoms with E-state index >= 15 is 0 Å². The van der Waals surface area contributed by atoms with E-state index in [1.807, 2.05) is 0 Å². The summed E-state index contributed by atoms with van der Waals surface area (Å²) in [5, 5.41) is 3.64. The Balaban J connectivity index is 0. The zero-order valence-corrected chi connectivity index (χ0v) is 44.8. The van der Waals surface area contributed by atoms with Gasteiger partial charge in [0.2, 0.25) is 0 Å². The van der Waals surface area contributed by atoms with Crippen molar-refractivity contribution in [3.63, 3.8) is 0 Å². The zero-order valence-electron chi connectivity index (χ0n) is 44.8. The highest BCUT2D eigenvalue weighted by atomic mass is 15.1. The molecular weight excluding hydrogens is 749 g/mol. The lowest BCUT2D eigenvalue weighted by atomic mass is 10.1. The molecule has 0 atom stereocenters. The second kappa shape index (κ2) is 63.0. The van der Waals surface area contributed by atoms with Crippen molar-refractivity contribution in [2.45, 2.75) is 356 Å². The molecule has 0 saturated carbocycles. The average molecular weight is 876 g/mol. The number of hydrogen-bond donors (Lipinski definition) is 1. The minimum atomic E-state index is 1.24. The van der Waals surface area contributed by atoms with E-state index in [1.165, 1.54) is 354 Å². The summed E-state index contributed by atoms with van der Waals surface area (Å²) < 4.78 is 0. The highest BCUT2D eigenvalue weighted by molar-refractivity contribution is 4.61. The van der Waals surface area contributed by atoms with Crippen molar-refractivity contribution in [1.82, 2.24) is 10.2 Å². The molecular formula is C60H126N2. The Bertz CT molecular complexity index is 628. The Hall–Kier alpha value is -0.0800. The van der Waals surface area contributed by atoms with Gasteiger partial charge in [-0.3, -0.25) is 0 Å². The van der Waals surface area contributed by atoms with Crippen molar-refractivity contribution < 1.29 is 0 Å². The standard InChI is InChI=1S/C36H75N.C24H51N/c1-4-7-10-13-16-19-22-25-28-31-34-37(35-32-29-26-23-20-17-14-11-8-5-2)36-33-30-27-24-21-18-15-12-9-6-3;1-3-5-7-9-11-13-15-17-19-21-23-25-24-22-20-18-16-14-12-10-8-6-4-2/h4-36H2,1-3H3;25H,3-24H2,1-2H3. The summed E-state index contributed by atoms with van der Waals surface area (Å²) in [6.07, 6.45) is 72.4. The number of nitrogens with one attached hydrogen (secondary N) is 1.